The SMILES string of the molecule is CC(=O)O[C@]1([C@H](C)CN(C)C)CCCC[C@@H]1c1ccccc1. The first kappa shape index (κ1) is 17.0. The number of benzene rings is 1. The van der Waals surface area contributed by atoms with Gasteiger partial charge in [-0.3, -0.25) is 4.79 Å². The summed E-state index contributed by atoms with van der Waals surface area (Å²) in [5.41, 5.74) is 0.921. The van der Waals surface area contributed by atoms with Crippen molar-refractivity contribution >= 4 is 5.97 Å². The van der Waals surface area contributed by atoms with Gasteiger partial charge >= 0.3 is 5.97 Å². The number of ether oxygens (including phenoxy) is 1. The molecule has 0 aliphatic heterocycles. The number of hydrogen-bond acceptors (Lipinski definition) is 3. The highest BCUT2D eigenvalue weighted by molar-refractivity contribution is 5.67. The van der Waals surface area contributed by atoms with E-state index in [1.54, 1.807) is 6.92 Å². The van der Waals surface area contributed by atoms with Crippen LogP contribution in [-0.2, 0) is 9.53 Å². The summed E-state index contributed by atoms with van der Waals surface area (Å²) in [4.78, 5) is 14.0. The van der Waals surface area contributed by atoms with E-state index in [0.29, 0.717) is 11.8 Å². The summed E-state index contributed by atoms with van der Waals surface area (Å²) in [7, 11) is 4.16. The van der Waals surface area contributed by atoms with Gasteiger partial charge < -0.3 is 9.64 Å². The van der Waals surface area contributed by atoms with E-state index in [9.17, 15) is 4.79 Å². The van der Waals surface area contributed by atoms with Crippen molar-refractivity contribution in [3.8, 4) is 0 Å². The summed E-state index contributed by atoms with van der Waals surface area (Å²) < 4.78 is 6.04. The molecule has 0 spiro atoms. The third-order valence-corrected chi connectivity index (χ3v) is 4.91. The van der Waals surface area contributed by atoms with Crippen molar-refractivity contribution in [2.45, 2.75) is 51.0 Å². The smallest absolute Gasteiger partial charge is 0.303 e. The molecule has 0 saturated heterocycles. The first-order valence-electron chi connectivity index (χ1n) is 8.35. The van der Waals surface area contributed by atoms with Crippen LogP contribution in [0, 0.1) is 5.92 Å². The van der Waals surface area contributed by atoms with Crippen LogP contribution in [0.5, 0.6) is 0 Å². The summed E-state index contributed by atoms with van der Waals surface area (Å²) in [6.45, 7) is 4.70. The Balaban J connectivity index is 2.39. The molecule has 0 radical (unpaired) electrons. The molecule has 0 N–H and O–H groups in total. The van der Waals surface area contributed by atoms with Gasteiger partial charge in [0.05, 0.1) is 0 Å². The maximum Gasteiger partial charge on any atom is 0.303 e. The van der Waals surface area contributed by atoms with Crippen LogP contribution in [-0.4, -0.2) is 37.1 Å². The fourth-order valence-electron chi connectivity index (χ4n) is 4.08. The van der Waals surface area contributed by atoms with E-state index in [0.717, 1.165) is 25.8 Å². The summed E-state index contributed by atoms with van der Waals surface area (Å²) in [5.74, 6) is 0.437. The highest BCUT2D eigenvalue weighted by Crippen LogP contribution is 2.48. The summed E-state index contributed by atoms with van der Waals surface area (Å²) in [6, 6.07) is 10.6. The maximum atomic E-state index is 11.8. The van der Waals surface area contributed by atoms with Crippen molar-refractivity contribution in [3.63, 3.8) is 0 Å². The van der Waals surface area contributed by atoms with Gasteiger partial charge in [0, 0.05) is 25.3 Å². The second-order valence-corrected chi connectivity index (χ2v) is 6.92. The van der Waals surface area contributed by atoms with Crippen LogP contribution in [0.4, 0.5) is 0 Å². The molecule has 1 aliphatic rings. The summed E-state index contributed by atoms with van der Waals surface area (Å²) in [6.07, 6.45) is 4.39. The Labute approximate surface area is 134 Å². The molecule has 1 saturated carbocycles. The zero-order chi connectivity index (χ0) is 16.2. The quantitative estimate of drug-likeness (QED) is 0.774. The number of hydrogen-bond donors (Lipinski definition) is 0. The Hall–Kier alpha value is -1.35. The Morgan fingerprint density at radius 2 is 2.00 bits per heavy atom. The molecule has 2 rings (SSSR count). The van der Waals surface area contributed by atoms with Crippen LogP contribution in [0.1, 0.15) is 51.0 Å². The number of esters is 1. The monoisotopic (exact) mass is 303 g/mol. The van der Waals surface area contributed by atoms with Crippen LogP contribution >= 0.6 is 0 Å². The molecule has 1 fully saturated rings. The van der Waals surface area contributed by atoms with Crippen molar-refractivity contribution in [1.29, 1.82) is 0 Å². The molecule has 122 valence electrons. The normalized spacial score (nSPS) is 26.7. The van der Waals surface area contributed by atoms with Gasteiger partial charge in [0.15, 0.2) is 0 Å². The number of nitrogens with zero attached hydrogens (tertiary/aromatic N) is 1. The number of carbonyl (C=O) groups is 1. The fraction of sp³-hybridized carbons (Fsp3) is 0.632. The largest absolute Gasteiger partial charge is 0.458 e. The van der Waals surface area contributed by atoms with Crippen LogP contribution < -0.4 is 0 Å². The topological polar surface area (TPSA) is 29.5 Å². The van der Waals surface area contributed by atoms with E-state index in [2.05, 4.69) is 50.2 Å². The molecule has 0 amide bonds. The molecular formula is C19H29NO2. The van der Waals surface area contributed by atoms with Gasteiger partial charge in [-0.1, -0.05) is 43.7 Å². The predicted molar refractivity (Wildman–Crippen MR) is 89.9 cm³/mol. The number of rotatable bonds is 5. The molecule has 0 bridgehead atoms. The lowest BCUT2D eigenvalue weighted by Crippen LogP contribution is -2.51. The standard InChI is InChI=1S/C19H29NO2/c1-15(14-20(3)4)19(22-16(2)21)13-9-8-12-18(19)17-10-6-5-7-11-17/h5-7,10-11,15,18H,8-9,12-14H2,1-4H3/t15-,18-,19+/m1/s1. The Morgan fingerprint density at radius 1 is 1.32 bits per heavy atom. The molecule has 1 aromatic carbocycles. The molecule has 3 heteroatoms. The van der Waals surface area contributed by atoms with Gasteiger partial charge in [0.2, 0.25) is 0 Å². The molecule has 3 nitrogen and oxygen atoms in total. The lowest BCUT2D eigenvalue weighted by molar-refractivity contribution is -0.172. The van der Waals surface area contributed by atoms with Gasteiger partial charge in [0.1, 0.15) is 5.60 Å². The second-order valence-electron chi connectivity index (χ2n) is 6.92. The lowest BCUT2D eigenvalue weighted by Gasteiger charge is -2.48. The fourth-order valence-corrected chi connectivity index (χ4v) is 4.08. The van der Waals surface area contributed by atoms with Gasteiger partial charge in [-0.25, -0.2) is 0 Å². The van der Waals surface area contributed by atoms with Gasteiger partial charge in [0.25, 0.3) is 0 Å². The third-order valence-electron chi connectivity index (χ3n) is 4.91. The first-order valence-corrected chi connectivity index (χ1v) is 8.35. The van der Waals surface area contributed by atoms with E-state index >= 15 is 0 Å². The molecule has 3 atom stereocenters. The van der Waals surface area contributed by atoms with Crippen molar-refractivity contribution in [2.24, 2.45) is 5.92 Å². The summed E-state index contributed by atoms with van der Waals surface area (Å²) >= 11 is 0. The van der Waals surface area contributed by atoms with Crippen molar-refractivity contribution in [1.82, 2.24) is 4.90 Å². The van der Waals surface area contributed by atoms with E-state index < -0.39 is 0 Å². The number of carbonyl (C=O) groups excluding carboxylic acids is 1. The molecule has 0 heterocycles. The second kappa shape index (κ2) is 7.28. The minimum atomic E-state index is -0.379. The molecule has 1 aliphatic carbocycles. The maximum absolute atomic E-state index is 11.8. The molecule has 1 aromatic rings. The molecule has 22 heavy (non-hydrogen) atoms. The lowest BCUT2D eigenvalue weighted by atomic mass is 9.66. The summed E-state index contributed by atoms with van der Waals surface area (Å²) in [5, 5.41) is 0. The Bertz CT molecular complexity index is 485. The first-order chi connectivity index (χ1) is 10.5. The minimum absolute atomic E-state index is 0.159. The van der Waals surface area contributed by atoms with Crippen molar-refractivity contribution in [2.75, 3.05) is 20.6 Å². The minimum Gasteiger partial charge on any atom is -0.458 e. The van der Waals surface area contributed by atoms with E-state index in [4.69, 9.17) is 4.74 Å². The van der Waals surface area contributed by atoms with Crippen LogP contribution in [0.15, 0.2) is 30.3 Å². The average Bonchev–Trinajstić information content (AvgIpc) is 2.47. The van der Waals surface area contributed by atoms with Gasteiger partial charge in [-0.15, -0.1) is 0 Å². The molecule has 0 unspecified atom stereocenters. The van der Waals surface area contributed by atoms with Crippen LogP contribution in [0.3, 0.4) is 0 Å². The Morgan fingerprint density at radius 3 is 2.59 bits per heavy atom. The Kier molecular flexibility index (Phi) is 5.63. The van der Waals surface area contributed by atoms with Crippen molar-refractivity contribution in [3.05, 3.63) is 35.9 Å². The van der Waals surface area contributed by atoms with E-state index in [1.165, 1.54) is 12.0 Å². The molecular weight excluding hydrogens is 274 g/mol. The van der Waals surface area contributed by atoms with Gasteiger partial charge in [-0.05, 0) is 38.9 Å². The van der Waals surface area contributed by atoms with Crippen LogP contribution in [0.25, 0.3) is 0 Å². The third kappa shape index (κ3) is 3.70. The highest BCUT2D eigenvalue weighted by atomic mass is 16.6. The van der Waals surface area contributed by atoms with Crippen molar-refractivity contribution < 1.29 is 9.53 Å². The van der Waals surface area contributed by atoms with Gasteiger partial charge in [-0.2, -0.15) is 0 Å². The average molecular weight is 303 g/mol. The predicted octanol–water partition coefficient (Wildman–Crippen LogP) is 3.84. The highest BCUT2D eigenvalue weighted by Gasteiger charge is 2.48. The van der Waals surface area contributed by atoms with E-state index in [1.807, 2.05) is 6.07 Å². The van der Waals surface area contributed by atoms with E-state index in [-0.39, 0.29) is 11.6 Å². The zero-order valence-electron chi connectivity index (χ0n) is 14.3. The zero-order valence-corrected chi connectivity index (χ0v) is 14.3. The molecule has 0 aromatic heterocycles. The van der Waals surface area contributed by atoms with Crippen LogP contribution in [0.2, 0.25) is 0 Å².